The Kier molecular flexibility index (Phi) is 5.84. The molecule has 9 atom stereocenters. The number of hydrogen-bond acceptors (Lipinski definition) is 8. The predicted molar refractivity (Wildman–Crippen MR) is 102 cm³/mol. The van der Waals surface area contributed by atoms with Crippen LogP contribution in [0.3, 0.4) is 0 Å². The van der Waals surface area contributed by atoms with Crippen molar-refractivity contribution in [3.05, 3.63) is 11.6 Å². The third-order valence-corrected chi connectivity index (χ3v) is 7.43. The summed E-state index contributed by atoms with van der Waals surface area (Å²) in [5.74, 6) is -0.363. The zero-order chi connectivity index (χ0) is 21.8. The Balaban J connectivity index is 2.04. The Morgan fingerprint density at radius 2 is 1.76 bits per heavy atom. The molecule has 164 valence electrons. The number of aldehydes is 2. The van der Waals surface area contributed by atoms with E-state index in [0.29, 0.717) is 19.0 Å². The Morgan fingerprint density at radius 3 is 2.34 bits per heavy atom. The van der Waals surface area contributed by atoms with Crippen LogP contribution in [0.25, 0.3) is 0 Å². The SMILES string of the molecule is C[C@@H]1O[C@@H](O[C@@H]2C=C(C=O)[C@](O)(C=O)[C@@]3(C)CCCC(C)(C)[C@@H]23)[C@H](O)[C@H](O)[C@H]1O. The first-order chi connectivity index (χ1) is 13.4. The van der Waals surface area contributed by atoms with E-state index >= 15 is 0 Å². The molecule has 0 radical (unpaired) electrons. The van der Waals surface area contributed by atoms with E-state index in [-0.39, 0.29) is 16.9 Å². The van der Waals surface area contributed by atoms with E-state index in [4.69, 9.17) is 9.47 Å². The highest BCUT2D eigenvalue weighted by Crippen LogP contribution is 2.61. The maximum Gasteiger partial charge on any atom is 0.187 e. The minimum Gasteiger partial charge on any atom is -0.388 e. The maximum absolute atomic E-state index is 12.0. The lowest BCUT2D eigenvalue weighted by Gasteiger charge is -2.60. The van der Waals surface area contributed by atoms with Crippen molar-refractivity contribution in [1.29, 1.82) is 0 Å². The first kappa shape index (κ1) is 22.5. The first-order valence-corrected chi connectivity index (χ1v) is 10.1. The lowest BCUT2D eigenvalue weighted by atomic mass is 9.46. The fraction of sp³-hybridized carbons (Fsp3) is 0.810. The fourth-order valence-corrected chi connectivity index (χ4v) is 5.78. The smallest absolute Gasteiger partial charge is 0.187 e. The summed E-state index contributed by atoms with van der Waals surface area (Å²) in [5, 5.41) is 41.6. The third kappa shape index (κ3) is 3.30. The summed E-state index contributed by atoms with van der Waals surface area (Å²) in [6.07, 6.45) is -2.48. The molecule has 29 heavy (non-hydrogen) atoms. The summed E-state index contributed by atoms with van der Waals surface area (Å²) in [7, 11) is 0. The van der Waals surface area contributed by atoms with Gasteiger partial charge in [0.25, 0.3) is 0 Å². The summed E-state index contributed by atoms with van der Waals surface area (Å²) >= 11 is 0. The Bertz CT molecular complexity index is 690. The summed E-state index contributed by atoms with van der Waals surface area (Å²) in [6, 6.07) is 0. The molecule has 0 amide bonds. The number of aliphatic hydroxyl groups is 4. The van der Waals surface area contributed by atoms with Crippen LogP contribution < -0.4 is 0 Å². The van der Waals surface area contributed by atoms with Gasteiger partial charge >= 0.3 is 0 Å². The van der Waals surface area contributed by atoms with Crippen LogP contribution in [0.1, 0.15) is 47.0 Å². The molecule has 8 nitrogen and oxygen atoms in total. The highest BCUT2D eigenvalue weighted by atomic mass is 16.7. The van der Waals surface area contributed by atoms with E-state index in [0.717, 1.165) is 12.8 Å². The summed E-state index contributed by atoms with van der Waals surface area (Å²) in [5.41, 5.74) is -3.32. The molecular formula is C21H32O8. The van der Waals surface area contributed by atoms with Gasteiger partial charge in [-0.3, -0.25) is 9.59 Å². The van der Waals surface area contributed by atoms with Gasteiger partial charge in [-0.15, -0.1) is 0 Å². The van der Waals surface area contributed by atoms with Crippen molar-refractivity contribution in [3.8, 4) is 0 Å². The van der Waals surface area contributed by atoms with Crippen LogP contribution in [-0.4, -0.2) is 75.4 Å². The van der Waals surface area contributed by atoms with Gasteiger partial charge in [0.05, 0.1) is 12.2 Å². The highest BCUT2D eigenvalue weighted by Gasteiger charge is 2.64. The minimum absolute atomic E-state index is 0.0760. The summed E-state index contributed by atoms with van der Waals surface area (Å²) in [4.78, 5) is 23.7. The molecule has 3 aliphatic rings. The average Bonchev–Trinajstić information content (AvgIpc) is 2.66. The number of ether oxygens (including phenoxy) is 2. The van der Waals surface area contributed by atoms with Crippen molar-refractivity contribution in [3.63, 3.8) is 0 Å². The second kappa shape index (κ2) is 7.51. The van der Waals surface area contributed by atoms with Gasteiger partial charge in [0.15, 0.2) is 18.2 Å². The quantitative estimate of drug-likeness (QED) is 0.478. The molecule has 0 spiro atoms. The van der Waals surface area contributed by atoms with E-state index in [2.05, 4.69) is 0 Å². The fourth-order valence-electron chi connectivity index (χ4n) is 5.78. The Morgan fingerprint density at radius 1 is 1.10 bits per heavy atom. The van der Waals surface area contributed by atoms with Crippen molar-refractivity contribution < 1.29 is 39.5 Å². The molecule has 0 unspecified atom stereocenters. The van der Waals surface area contributed by atoms with Gasteiger partial charge in [-0.05, 0) is 31.3 Å². The van der Waals surface area contributed by atoms with Crippen molar-refractivity contribution in [2.45, 2.75) is 89.4 Å². The molecule has 1 saturated heterocycles. The second-order valence-electron chi connectivity index (χ2n) is 9.64. The zero-order valence-electron chi connectivity index (χ0n) is 17.3. The molecule has 0 aromatic rings. The van der Waals surface area contributed by atoms with Gasteiger partial charge in [0.1, 0.15) is 24.6 Å². The third-order valence-electron chi connectivity index (χ3n) is 7.43. The largest absolute Gasteiger partial charge is 0.388 e. The normalized spacial score (nSPS) is 49.7. The molecule has 8 heteroatoms. The summed E-state index contributed by atoms with van der Waals surface area (Å²) < 4.78 is 11.6. The molecule has 2 aliphatic carbocycles. The maximum atomic E-state index is 12.0. The molecule has 0 bridgehead atoms. The molecule has 2 fully saturated rings. The molecule has 4 N–H and O–H groups in total. The molecule has 0 aromatic heterocycles. The van der Waals surface area contributed by atoms with E-state index in [9.17, 15) is 30.0 Å². The number of fused-ring (bicyclic) bond motifs is 1. The Labute approximate surface area is 170 Å². The lowest BCUT2D eigenvalue weighted by molar-refractivity contribution is -0.314. The molecule has 3 rings (SSSR count). The van der Waals surface area contributed by atoms with Crippen molar-refractivity contribution in [2.24, 2.45) is 16.7 Å². The van der Waals surface area contributed by atoms with Crippen LogP contribution in [0.2, 0.25) is 0 Å². The van der Waals surface area contributed by atoms with Gasteiger partial charge in [-0.25, -0.2) is 0 Å². The number of carbonyl (C=O) groups excluding carboxylic acids is 2. The van der Waals surface area contributed by atoms with Crippen LogP contribution in [0, 0.1) is 16.7 Å². The van der Waals surface area contributed by atoms with Crippen molar-refractivity contribution in [1.82, 2.24) is 0 Å². The standard InChI is InChI=1S/C21H32O8/c1-11-14(24)15(25)16(26)18(28-11)29-13-8-12(9-22)21(27,10-23)20(4)7-5-6-19(2,3)17(13)20/h8-11,13-18,24-27H,5-7H2,1-4H3/t11-,13+,14-,15+,16+,17+,18-,20-,21+/m0/s1. The van der Waals surface area contributed by atoms with Crippen molar-refractivity contribution >= 4 is 12.6 Å². The van der Waals surface area contributed by atoms with Crippen LogP contribution in [-0.2, 0) is 19.1 Å². The lowest BCUT2D eigenvalue weighted by Crippen LogP contribution is -2.65. The highest BCUT2D eigenvalue weighted by molar-refractivity contribution is 5.88. The van der Waals surface area contributed by atoms with Gasteiger partial charge in [0, 0.05) is 16.9 Å². The second-order valence-corrected chi connectivity index (χ2v) is 9.64. The van der Waals surface area contributed by atoms with E-state index in [1.807, 2.05) is 13.8 Å². The van der Waals surface area contributed by atoms with Crippen LogP contribution in [0.4, 0.5) is 0 Å². The predicted octanol–water partition coefficient (Wildman–Crippen LogP) is 0.101. The minimum atomic E-state index is -1.94. The van der Waals surface area contributed by atoms with Crippen LogP contribution in [0.15, 0.2) is 11.6 Å². The molecule has 0 aromatic carbocycles. The number of hydrogen-bond donors (Lipinski definition) is 4. The number of rotatable bonds is 4. The van der Waals surface area contributed by atoms with E-state index < -0.39 is 47.8 Å². The van der Waals surface area contributed by atoms with E-state index in [1.165, 1.54) is 6.08 Å². The van der Waals surface area contributed by atoms with Crippen LogP contribution in [0.5, 0.6) is 0 Å². The van der Waals surface area contributed by atoms with Crippen molar-refractivity contribution in [2.75, 3.05) is 0 Å². The van der Waals surface area contributed by atoms with Gasteiger partial charge in [-0.1, -0.05) is 27.2 Å². The first-order valence-electron chi connectivity index (χ1n) is 10.1. The van der Waals surface area contributed by atoms with Crippen LogP contribution >= 0.6 is 0 Å². The number of carbonyl (C=O) groups is 2. The summed E-state index contributed by atoms with van der Waals surface area (Å²) in [6.45, 7) is 7.40. The van der Waals surface area contributed by atoms with Gasteiger partial charge in [0.2, 0.25) is 0 Å². The molecule has 1 heterocycles. The molecule has 1 aliphatic heterocycles. The molecule has 1 saturated carbocycles. The van der Waals surface area contributed by atoms with Gasteiger partial charge < -0.3 is 29.9 Å². The van der Waals surface area contributed by atoms with Gasteiger partial charge in [-0.2, -0.15) is 0 Å². The average molecular weight is 412 g/mol. The van der Waals surface area contributed by atoms with E-state index in [1.54, 1.807) is 13.8 Å². The monoisotopic (exact) mass is 412 g/mol. The molecular weight excluding hydrogens is 380 g/mol. The topological polar surface area (TPSA) is 134 Å². The number of aliphatic hydroxyl groups excluding tert-OH is 3. The zero-order valence-corrected chi connectivity index (χ0v) is 17.3. The Hall–Kier alpha value is -1.16.